The van der Waals surface area contributed by atoms with Crippen molar-refractivity contribution in [2.45, 2.75) is 18.9 Å². The highest BCUT2D eigenvalue weighted by molar-refractivity contribution is 5.97. The quantitative estimate of drug-likeness (QED) is 0.490. The van der Waals surface area contributed by atoms with Crippen molar-refractivity contribution in [2.75, 3.05) is 0 Å². The predicted octanol–water partition coefficient (Wildman–Crippen LogP) is 5.60. The van der Waals surface area contributed by atoms with Crippen LogP contribution in [0.1, 0.15) is 38.7 Å². The molecule has 0 saturated heterocycles. The summed E-state index contributed by atoms with van der Waals surface area (Å²) in [6.45, 7) is 0. The van der Waals surface area contributed by atoms with E-state index in [9.17, 15) is 9.18 Å². The van der Waals surface area contributed by atoms with Gasteiger partial charge in [0, 0.05) is 5.56 Å². The maximum atomic E-state index is 13.6. The fourth-order valence-electron chi connectivity index (χ4n) is 4.35. The van der Waals surface area contributed by atoms with E-state index in [1.165, 1.54) is 34.0 Å². The summed E-state index contributed by atoms with van der Waals surface area (Å²) in [5, 5.41) is 5.62. The fraction of sp³-hybridized carbons (Fsp3) is 0.115. The average Bonchev–Trinajstić information content (AvgIpc) is 3.18. The summed E-state index contributed by atoms with van der Waals surface area (Å²) in [5.41, 5.74) is 5.10. The van der Waals surface area contributed by atoms with E-state index in [-0.39, 0.29) is 11.9 Å². The minimum Gasteiger partial charge on any atom is -0.341 e. The van der Waals surface area contributed by atoms with E-state index in [1.54, 1.807) is 12.1 Å². The van der Waals surface area contributed by atoms with Crippen LogP contribution in [0.25, 0.3) is 10.8 Å². The van der Waals surface area contributed by atoms with Crippen molar-refractivity contribution in [1.82, 2.24) is 5.32 Å². The lowest BCUT2D eigenvalue weighted by atomic mass is 9.91. The third-order valence-electron chi connectivity index (χ3n) is 5.72. The van der Waals surface area contributed by atoms with Gasteiger partial charge in [0.2, 0.25) is 0 Å². The Labute approximate surface area is 169 Å². The number of rotatable bonds is 4. The van der Waals surface area contributed by atoms with Crippen molar-refractivity contribution in [3.8, 4) is 0 Å². The lowest BCUT2D eigenvalue weighted by Gasteiger charge is -2.22. The van der Waals surface area contributed by atoms with Gasteiger partial charge in [-0.15, -0.1) is 0 Å². The van der Waals surface area contributed by atoms with Crippen LogP contribution in [0.2, 0.25) is 0 Å². The number of hydrogen-bond donors (Lipinski definition) is 1. The van der Waals surface area contributed by atoms with Gasteiger partial charge in [-0.05, 0) is 64.1 Å². The second-order valence-corrected chi connectivity index (χ2v) is 7.48. The van der Waals surface area contributed by atoms with Crippen LogP contribution in [0.4, 0.5) is 4.39 Å². The van der Waals surface area contributed by atoms with Gasteiger partial charge in [-0.1, -0.05) is 66.7 Å². The Hall–Kier alpha value is -3.46. The monoisotopic (exact) mass is 381 g/mol. The van der Waals surface area contributed by atoms with Crippen LogP contribution in [0, 0.1) is 5.82 Å². The van der Waals surface area contributed by atoms with E-state index in [0.717, 1.165) is 24.0 Å². The molecule has 0 spiro atoms. The first kappa shape index (κ1) is 17.6. The molecule has 1 N–H and O–H groups in total. The lowest BCUT2D eigenvalue weighted by Crippen LogP contribution is -2.29. The highest BCUT2D eigenvalue weighted by Crippen LogP contribution is 2.36. The van der Waals surface area contributed by atoms with Gasteiger partial charge in [-0.2, -0.15) is 0 Å². The molecule has 1 amide bonds. The first-order chi connectivity index (χ1) is 14.2. The Balaban J connectivity index is 1.63. The second-order valence-electron chi connectivity index (χ2n) is 7.48. The molecule has 1 atom stereocenters. The number of halogens is 1. The maximum absolute atomic E-state index is 13.6. The molecule has 142 valence electrons. The van der Waals surface area contributed by atoms with Gasteiger partial charge >= 0.3 is 0 Å². The summed E-state index contributed by atoms with van der Waals surface area (Å²) in [6.07, 6.45) is 2.11. The third-order valence-corrected chi connectivity index (χ3v) is 5.72. The molecule has 0 saturated carbocycles. The Morgan fingerprint density at radius 2 is 1.59 bits per heavy atom. The summed E-state index contributed by atoms with van der Waals surface area (Å²) < 4.78 is 13.6. The van der Waals surface area contributed by atoms with Gasteiger partial charge in [-0.25, -0.2) is 4.39 Å². The standard InChI is InChI=1S/C26H20FNO/c27-21-10-4-9-20(16-21)26(29)28-25(19-6-2-1-3-7-19)23-15-14-18-13-12-17-8-5-11-22(23)24(17)18/h1-11,14-16,25H,12-13H2,(H,28,29)/t25-/m1/s1. The van der Waals surface area contributed by atoms with E-state index < -0.39 is 5.82 Å². The Kier molecular flexibility index (Phi) is 4.36. The van der Waals surface area contributed by atoms with E-state index in [1.807, 2.05) is 30.3 Å². The number of carbonyl (C=O) groups excluding carboxylic acids is 1. The topological polar surface area (TPSA) is 29.1 Å². The van der Waals surface area contributed by atoms with Gasteiger partial charge in [0.1, 0.15) is 5.82 Å². The summed E-state index contributed by atoms with van der Waals surface area (Å²) in [7, 11) is 0. The number of hydrogen-bond acceptors (Lipinski definition) is 1. The second kappa shape index (κ2) is 7.17. The molecular formula is C26H20FNO. The zero-order chi connectivity index (χ0) is 19.8. The molecule has 0 unspecified atom stereocenters. The van der Waals surface area contributed by atoms with Crippen molar-refractivity contribution in [1.29, 1.82) is 0 Å². The first-order valence-corrected chi connectivity index (χ1v) is 9.85. The Morgan fingerprint density at radius 3 is 2.38 bits per heavy atom. The Morgan fingerprint density at radius 1 is 0.828 bits per heavy atom. The molecular weight excluding hydrogens is 361 g/mol. The summed E-state index contributed by atoms with van der Waals surface area (Å²) in [6, 6.07) is 26.1. The molecule has 4 aromatic rings. The average molecular weight is 381 g/mol. The molecule has 3 heteroatoms. The number of nitrogens with one attached hydrogen (secondary N) is 1. The summed E-state index contributed by atoms with van der Waals surface area (Å²) in [4.78, 5) is 13.0. The Bertz CT molecular complexity index is 1210. The van der Waals surface area contributed by atoms with Crippen LogP contribution < -0.4 is 5.32 Å². The van der Waals surface area contributed by atoms with Crippen LogP contribution >= 0.6 is 0 Å². The van der Waals surface area contributed by atoms with Crippen molar-refractivity contribution >= 4 is 16.7 Å². The van der Waals surface area contributed by atoms with Crippen LogP contribution in [-0.4, -0.2) is 5.91 Å². The molecule has 0 heterocycles. The van der Waals surface area contributed by atoms with Crippen LogP contribution in [0.15, 0.2) is 84.9 Å². The van der Waals surface area contributed by atoms with Crippen molar-refractivity contribution in [2.24, 2.45) is 0 Å². The normalized spacial score (nSPS) is 13.4. The third kappa shape index (κ3) is 3.19. The molecule has 29 heavy (non-hydrogen) atoms. The van der Waals surface area contributed by atoms with E-state index in [0.29, 0.717) is 5.56 Å². The number of aryl methyl sites for hydroxylation is 2. The molecule has 0 aliphatic heterocycles. The van der Waals surface area contributed by atoms with Crippen molar-refractivity contribution in [3.05, 3.63) is 119 Å². The molecule has 5 rings (SSSR count). The molecule has 1 aliphatic rings. The zero-order valence-electron chi connectivity index (χ0n) is 15.9. The highest BCUT2D eigenvalue weighted by atomic mass is 19.1. The molecule has 0 radical (unpaired) electrons. The lowest BCUT2D eigenvalue weighted by molar-refractivity contribution is 0.0942. The molecule has 0 fully saturated rings. The summed E-state index contributed by atoms with van der Waals surface area (Å²) in [5.74, 6) is -0.708. The van der Waals surface area contributed by atoms with E-state index >= 15 is 0 Å². The largest absolute Gasteiger partial charge is 0.341 e. The maximum Gasteiger partial charge on any atom is 0.252 e. The van der Waals surface area contributed by atoms with Crippen LogP contribution in [0.5, 0.6) is 0 Å². The number of amides is 1. The smallest absolute Gasteiger partial charge is 0.252 e. The molecule has 0 bridgehead atoms. The summed E-state index contributed by atoms with van der Waals surface area (Å²) >= 11 is 0. The minimum absolute atomic E-state index is 0.290. The van der Waals surface area contributed by atoms with Gasteiger partial charge in [0.05, 0.1) is 6.04 Å². The fourth-order valence-corrected chi connectivity index (χ4v) is 4.35. The van der Waals surface area contributed by atoms with Gasteiger partial charge < -0.3 is 5.32 Å². The van der Waals surface area contributed by atoms with Crippen molar-refractivity contribution in [3.63, 3.8) is 0 Å². The SMILES string of the molecule is O=C(N[C@H](c1ccccc1)c1ccc2c3c(cccc13)CC2)c1cccc(F)c1. The van der Waals surface area contributed by atoms with Crippen LogP contribution in [0.3, 0.4) is 0 Å². The van der Waals surface area contributed by atoms with Gasteiger partial charge in [-0.3, -0.25) is 4.79 Å². The molecule has 1 aliphatic carbocycles. The van der Waals surface area contributed by atoms with Gasteiger partial charge in [0.25, 0.3) is 5.91 Å². The zero-order valence-corrected chi connectivity index (χ0v) is 15.9. The number of benzene rings is 4. The number of carbonyl (C=O) groups is 1. The minimum atomic E-state index is -0.417. The van der Waals surface area contributed by atoms with Crippen molar-refractivity contribution < 1.29 is 9.18 Å². The van der Waals surface area contributed by atoms with E-state index in [4.69, 9.17) is 0 Å². The van der Waals surface area contributed by atoms with E-state index in [2.05, 4.69) is 35.6 Å². The molecule has 0 aromatic heterocycles. The van der Waals surface area contributed by atoms with Crippen LogP contribution in [-0.2, 0) is 12.8 Å². The highest BCUT2D eigenvalue weighted by Gasteiger charge is 2.23. The first-order valence-electron chi connectivity index (χ1n) is 9.85. The molecule has 2 nitrogen and oxygen atoms in total. The molecule has 4 aromatic carbocycles. The predicted molar refractivity (Wildman–Crippen MR) is 114 cm³/mol. The van der Waals surface area contributed by atoms with Gasteiger partial charge in [0.15, 0.2) is 0 Å².